The lowest BCUT2D eigenvalue weighted by atomic mass is 10.0. The summed E-state index contributed by atoms with van der Waals surface area (Å²) < 4.78 is 125. The number of allylic oxidation sites excluding steroid dienone is 3. The molecule has 0 fully saturated rings. The fourth-order valence-corrected chi connectivity index (χ4v) is 8.56. The molecule has 0 saturated carbocycles. The molecular formula is C30H19F6N6O2S+. The van der Waals surface area contributed by atoms with E-state index in [0.29, 0.717) is 28.2 Å². The van der Waals surface area contributed by atoms with Crippen molar-refractivity contribution >= 4 is 32.5 Å². The molecule has 5 aliphatic heterocycles. The number of aromatic nitrogens is 3. The van der Waals surface area contributed by atoms with Gasteiger partial charge in [0.25, 0.3) is 0 Å². The van der Waals surface area contributed by atoms with Crippen molar-refractivity contribution in [3.8, 4) is 36.1 Å². The van der Waals surface area contributed by atoms with Crippen LogP contribution >= 0.6 is 0 Å². The van der Waals surface area contributed by atoms with E-state index < -0.39 is 67.3 Å². The van der Waals surface area contributed by atoms with Gasteiger partial charge in [-0.15, -0.1) is 17.4 Å². The molecule has 5 aliphatic rings. The minimum Gasteiger partial charge on any atom is -0.302 e. The zero-order valence-electron chi connectivity index (χ0n) is 23.0. The van der Waals surface area contributed by atoms with Gasteiger partial charge in [-0.3, -0.25) is 0 Å². The number of alkyl halides is 6. The fraction of sp³-hybridized carbons (Fsp3) is 0.233. The highest BCUT2D eigenvalue weighted by molar-refractivity contribution is 7.89. The van der Waals surface area contributed by atoms with E-state index in [2.05, 4.69) is 21.9 Å². The van der Waals surface area contributed by atoms with E-state index in [-0.39, 0.29) is 24.5 Å². The Kier molecular flexibility index (Phi) is 5.14. The molecule has 0 amide bonds. The van der Waals surface area contributed by atoms with Crippen LogP contribution in [-0.4, -0.2) is 57.8 Å². The largest absolute Gasteiger partial charge is 0.430 e. The number of hydrogen-bond donors (Lipinski definition) is 2. The summed E-state index contributed by atoms with van der Waals surface area (Å²) in [5.74, 6) is 2.63. The van der Waals surface area contributed by atoms with E-state index in [1.54, 1.807) is 17.6 Å². The lowest BCUT2D eigenvalue weighted by molar-refractivity contribution is -0.611. The predicted octanol–water partition coefficient (Wildman–Crippen LogP) is 1.94. The number of nitrogens with zero attached hydrogens (tertiary/aromatic N) is 4. The van der Waals surface area contributed by atoms with E-state index in [1.807, 2.05) is 0 Å². The summed E-state index contributed by atoms with van der Waals surface area (Å²) in [5, 5.41) is 1.96. The topological polar surface area (TPSA) is 76.0 Å². The molecule has 45 heavy (non-hydrogen) atoms. The minimum atomic E-state index is -5.19. The predicted molar refractivity (Wildman–Crippen MR) is 150 cm³/mol. The average molecular weight is 642 g/mol. The summed E-state index contributed by atoms with van der Waals surface area (Å²) >= 11 is 0. The molecular weight excluding hydrogens is 622 g/mol. The van der Waals surface area contributed by atoms with Gasteiger partial charge in [0, 0.05) is 24.3 Å². The molecule has 15 heteroatoms. The van der Waals surface area contributed by atoms with Crippen LogP contribution in [0, 0.1) is 24.7 Å². The normalized spacial score (nSPS) is 20.2. The molecule has 2 N–H and O–H groups in total. The summed E-state index contributed by atoms with van der Waals surface area (Å²) in [7, 11) is -4.66. The highest BCUT2D eigenvalue weighted by Crippen LogP contribution is 2.56. The van der Waals surface area contributed by atoms with Crippen molar-refractivity contribution in [2.24, 2.45) is 0 Å². The number of fused-ring (bicyclic) bond motifs is 1. The molecule has 1 atom stereocenters. The Morgan fingerprint density at radius 2 is 1.53 bits per heavy atom. The van der Waals surface area contributed by atoms with Crippen molar-refractivity contribution < 1.29 is 39.3 Å². The van der Waals surface area contributed by atoms with Gasteiger partial charge in [0.2, 0.25) is 21.4 Å². The second-order valence-corrected chi connectivity index (χ2v) is 12.7. The van der Waals surface area contributed by atoms with Gasteiger partial charge < -0.3 is 5.32 Å². The molecule has 8 nitrogen and oxygen atoms in total. The molecule has 8 rings (SSSR count). The summed E-state index contributed by atoms with van der Waals surface area (Å²) in [6.07, 6.45) is 3.34. The Labute approximate surface area is 251 Å². The molecule has 0 radical (unpaired) electrons. The van der Waals surface area contributed by atoms with Crippen molar-refractivity contribution in [1.82, 2.24) is 23.7 Å². The van der Waals surface area contributed by atoms with Gasteiger partial charge in [-0.2, -0.15) is 31.1 Å². The van der Waals surface area contributed by atoms with Crippen LogP contribution in [0.1, 0.15) is 23.9 Å². The zero-order chi connectivity index (χ0) is 32.0. The first-order valence-corrected chi connectivity index (χ1v) is 15.0. The lowest BCUT2D eigenvalue weighted by Crippen LogP contribution is -2.67. The zero-order valence-corrected chi connectivity index (χ0v) is 23.8. The molecule has 0 aliphatic carbocycles. The number of sulfonamides is 1. The Balaban J connectivity index is 1.65. The molecule has 8 heterocycles. The van der Waals surface area contributed by atoms with E-state index in [1.165, 1.54) is 21.3 Å². The first kappa shape index (κ1) is 27.8. The van der Waals surface area contributed by atoms with Crippen molar-refractivity contribution in [3.05, 3.63) is 69.8 Å². The second kappa shape index (κ2) is 8.31. The van der Waals surface area contributed by atoms with Crippen molar-refractivity contribution in [1.29, 1.82) is 0 Å². The SMILES string of the molecule is C#CCNCc1cc2n3c1-c1cc(S(=O)(=O)NCC#C)c4n1C31n3c(ccc3=C4C(F)(F)F)=C(C(F)(F)F)C3=[N+]1C(=C2C)C=C3. The summed E-state index contributed by atoms with van der Waals surface area (Å²) in [5.41, 5.74) is -1.07. The van der Waals surface area contributed by atoms with Crippen molar-refractivity contribution in [2.45, 2.75) is 36.6 Å². The molecule has 3 aromatic heterocycles. The third-order valence-electron chi connectivity index (χ3n) is 8.79. The lowest BCUT2D eigenvalue weighted by Gasteiger charge is -2.41. The molecule has 0 aromatic carbocycles. The van der Waals surface area contributed by atoms with E-state index in [0.717, 1.165) is 22.8 Å². The Morgan fingerprint density at radius 1 is 0.889 bits per heavy atom. The van der Waals surface area contributed by atoms with Crippen LogP contribution in [0.5, 0.6) is 0 Å². The van der Waals surface area contributed by atoms with Crippen LogP contribution in [0.3, 0.4) is 0 Å². The standard InChI is InChI=1S/C30H19F6N6O2S/c1-4-10-37-14-16-12-21-15(3)17-6-7-18-24(28(31,32)33)19-8-9-20-25(29(34,35)36)27-23(45(43,44)38-11-5-2)13-22-26(16)41(21)30(39(17)18,40(19)20)42(22)27/h1-2,6-9,12-13,37-38H,10-11,14H2,3H3/q+1. The van der Waals surface area contributed by atoms with Gasteiger partial charge in [0.1, 0.15) is 10.5 Å². The maximum atomic E-state index is 15.2. The average Bonchev–Trinajstić information content (AvgIpc) is 3.75. The molecule has 0 bridgehead atoms. The third kappa shape index (κ3) is 3.08. The minimum absolute atomic E-state index is 0.0673. The number of halogens is 6. The van der Waals surface area contributed by atoms with Crippen LogP contribution in [0.4, 0.5) is 26.3 Å². The van der Waals surface area contributed by atoms with Crippen LogP contribution in [0.15, 0.2) is 47.0 Å². The van der Waals surface area contributed by atoms with Crippen molar-refractivity contribution in [3.63, 3.8) is 0 Å². The van der Waals surface area contributed by atoms with Crippen LogP contribution < -0.4 is 20.7 Å². The highest BCUT2D eigenvalue weighted by Gasteiger charge is 2.69. The van der Waals surface area contributed by atoms with Gasteiger partial charge in [-0.25, -0.2) is 22.1 Å². The van der Waals surface area contributed by atoms with E-state index in [9.17, 15) is 21.6 Å². The molecule has 0 saturated heterocycles. The molecule has 1 unspecified atom stereocenters. The van der Waals surface area contributed by atoms with Crippen LogP contribution in [-0.2, 0) is 22.5 Å². The van der Waals surface area contributed by atoms with Crippen LogP contribution in [0.25, 0.3) is 28.1 Å². The second-order valence-electron chi connectivity index (χ2n) is 11.0. The van der Waals surface area contributed by atoms with Gasteiger partial charge >= 0.3 is 18.3 Å². The fourth-order valence-electron chi connectivity index (χ4n) is 7.41. The quantitative estimate of drug-likeness (QED) is 0.187. The van der Waals surface area contributed by atoms with E-state index in [4.69, 9.17) is 12.8 Å². The van der Waals surface area contributed by atoms with Gasteiger partial charge in [0.05, 0.1) is 46.6 Å². The Morgan fingerprint density at radius 3 is 2.18 bits per heavy atom. The van der Waals surface area contributed by atoms with Gasteiger partial charge in [0.15, 0.2) is 5.57 Å². The number of rotatable bonds is 6. The van der Waals surface area contributed by atoms with E-state index >= 15 is 13.2 Å². The summed E-state index contributed by atoms with van der Waals surface area (Å²) in [6, 6.07) is 4.91. The maximum absolute atomic E-state index is 15.2. The summed E-state index contributed by atoms with van der Waals surface area (Å²) in [6.45, 7) is 1.52. The van der Waals surface area contributed by atoms with Gasteiger partial charge in [-0.1, -0.05) is 11.8 Å². The third-order valence-corrected chi connectivity index (χ3v) is 10.2. The monoisotopic (exact) mass is 641 g/mol. The first-order valence-electron chi connectivity index (χ1n) is 13.5. The van der Waals surface area contributed by atoms with Crippen LogP contribution in [0.2, 0.25) is 0 Å². The molecule has 228 valence electrons. The molecule has 3 aromatic rings. The smallest absolute Gasteiger partial charge is 0.302 e. The molecule has 1 spiro atoms. The summed E-state index contributed by atoms with van der Waals surface area (Å²) in [4.78, 5) is -0.702. The Bertz CT molecular complexity index is 2380. The number of hydrogen-bond acceptors (Lipinski definition) is 3. The highest BCUT2D eigenvalue weighted by atomic mass is 32.2. The van der Waals surface area contributed by atoms with Gasteiger partial charge in [-0.05, 0) is 36.8 Å². The first-order chi connectivity index (χ1) is 21.2. The van der Waals surface area contributed by atoms with Crippen molar-refractivity contribution in [2.75, 3.05) is 13.1 Å². The maximum Gasteiger partial charge on any atom is 0.430 e. The number of terminal acetylenes is 2. The number of nitrogens with one attached hydrogen (secondary N) is 2. The Hall–Kier alpha value is -4.70.